The average molecular weight is 309 g/mol. The second-order valence-corrected chi connectivity index (χ2v) is 5.25. The third-order valence-corrected chi connectivity index (χ3v) is 3.66. The van der Waals surface area contributed by atoms with Gasteiger partial charge in [0.05, 0.1) is 11.1 Å². The number of fused-ring (bicyclic) bond motifs is 1. The van der Waals surface area contributed by atoms with Crippen molar-refractivity contribution >= 4 is 11.6 Å². The molecular formula is C16H14ClFO3. The molecule has 0 aliphatic carbocycles. The molecule has 3 nitrogen and oxygen atoms in total. The van der Waals surface area contributed by atoms with Gasteiger partial charge in [-0.1, -0.05) is 29.8 Å². The Bertz CT molecular complexity index is 660. The minimum atomic E-state index is -0.866. The van der Waals surface area contributed by atoms with Crippen molar-refractivity contribution in [3.8, 4) is 11.5 Å². The molecule has 2 aromatic carbocycles. The van der Waals surface area contributed by atoms with Crippen LogP contribution in [0.4, 0.5) is 4.39 Å². The molecule has 21 heavy (non-hydrogen) atoms. The Hall–Kier alpha value is -1.78. The van der Waals surface area contributed by atoms with E-state index in [2.05, 4.69) is 0 Å². The lowest BCUT2D eigenvalue weighted by Gasteiger charge is -2.21. The summed E-state index contributed by atoms with van der Waals surface area (Å²) < 4.78 is 24.5. The zero-order valence-electron chi connectivity index (χ0n) is 11.2. The fourth-order valence-electron chi connectivity index (χ4n) is 2.31. The van der Waals surface area contributed by atoms with Gasteiger partial charge in [-0.3, -0.25) is 0 Å². The molecule has 0 bridgehead atoms. The van der Waals surface area contributed by atoms with Crippen LogP contribution in [0.2, 0.25) is 5.02 Å². The highest BCUT2D eigenvalue weighted by atomic mass is 35.5. The third kappa shape index (κ3) is 2.96. The summed E-state index contributed by atoms with van der Waals surface area (Å²) in [6.45, 7) is 0.889. The maximum Gasteiger partial charge on any atom is 0.179 e. The number of aliphatic hydroxyl groups excluding tert-OH is 1. The van der Waals surface area contributed by atoms with E-state index in [1.54, 1.807) is 30.3 Å². The first-order valence-corrected chi connectivity index (χ1v) is 7.03. The van der Waals surface area contributed by atoms with Gasteiger partial charge in [0.2, 0.25) is 0 Å². The summed E-state index contributed by atoms with van der Waals surface area (Å²) in [5.41, 5.74) is 1.03. The zero-order chi connectivity index (χ0) is 14.8. The van der Waals surface area contributed by atoms with Crippen LogP contribution < -0.4 is 9.47 Å². The number of aliphatic hydroxyl groups is 1. The van der Waals surface area contributed by atoms with Gasteiger partial charge < -0.3 is 14.6 Å². The van der Waals surface area contributed by atoms with Gasteiger partial charge in [0.15, 0.2) is 11.5 Å². The molecule has 1 aliphatic heterocycles. The summed E-state index contributed by atoms with van der Waals surface area (Å²) in [6.07, 6.45) is -0.696. The Balaban J connectivity index is 1.86. The fourth-order valence-corrected chi connectivity index (χ4v) is 2.59. The summed E-state index contributed by atoms with van der Waals surface area (Å²) in [6, 6.07) is 9.69. The first-order chi connectivity index (χ1) is 10.1. The van der Waals surface area contributed by atoms with E-state index in [-0.39, 0.29) is 12.2 Å². The molecule has 0 aromatic heterocycles. The largest absolute Gasteiger partial charge is 0.486 e. The predicted octanol–water partition coefficient (Wildman–Crippen LogP) is 3.53. The highest BCUT2D eigenvalue weighted by Gasteiger charge is 2.20. The summed E-state index contributed by atoms with van der Waals surface area (Å²) in [5.74, 6) is 0.668. The van der Waals surface area contributed by atoms with Gasteiger partial charge in [-0.2, -0.15) is 0 Å². The molecule has 1 atom stereocenters. The molecule has 1 aliphatic rings. The zero-order valence-corrected chi connectivity index (χ0v) is 11.9. The molecule has 1 heterocycles. The van der Waals surface area contributed by atoms with E-state index < -0.39 is 6.10 Å². The van der Waals surface area contributed by atoms with Crippen LogP contribution in [0, 0.1) is 5.82 Å². The lowest BCUT2D eigenvalue weighted by atomic mass is 10.0. The van der Waals surface area contributed by atoms with Crippen LogP contribution in [0.25, 0.3) is 0 Å². The standard InChI is InChI=1S/C16H14ClFO3/c17-12-7-11(9-15-16(12)21-6-5-20-15)14(19)8-10-3-1-2-4-13(10)18/h1-4,7,9,14,19H,5-6,8H2. The Kier molecular flexibility index (Phi) is 3.99. The van der Waals surface area contributed by atoms with Crippen LogP contribution in [-0.4, -0.2) is 18.3 Å². The predicted molar refractivity (Wildman–Crippen MR) is 77.5 cm³/mol. The normalized spacial score (nSPS) is 14.8. The van der Waals surface area contributed by atoms with Crippen molar-refractivity contribution in [2.45, 2.75) is 12.5 Å². The number of hydrogen-bond donors (Lipinski definition) is 1. The smallest absolute Gasteiger partial charge is 0.179 e. The SMILES string of the molecule is OC(Cc1ccccc1F)c1cc(Cl)c2c(c1)OCCO2. The number of halogens is 2. The van der Waals surface area contributed by atoms with E-state index in [1.165, 1.54) is 6.07 Å². The third-order valence-electron chi connectivity index (χ3n) is 3.38. The summed E-state index contributed by atoms with van der Waals surface area (Å²) in [5, 5.41) is 10.7. The molecular weight excluding hydrogens is 295 g/mol. The summed E-state index contributed by atoms with van der Waals surface area (Å²) >= 11 is 6.14. The van der Waals surface area contributed by atoms with E-state index in [4.69, 9.17) is 21.1 Å². The minimum Gasteiger partial charge on any atom is -0.486 e. The fraction of sp³-hybridized carbons (Fsp3) is 0.250. The van der Waals surface area contributed by atoms with Gasteiger partial charge in [0.1, 0.15) is 19.0 Å². The molecule has 2 aromatic rings. The van der Waals surface area contributed by atoms with Crippen LogP contribution in [0.5, 0.6) is 11.5 Å². The molecule has 1 N–H and O–H groups in total. The van der Waals surface area contributed by atoms with E-state index in [9.17, 15) is 9.50 Å². The van der Waals surface area contributed by atoms with Gasteiger partial charge in [-0.25, -0.2) is 4.39 Å². The Morgan fingerprint density at radius 3 is 2.76 bits per heavy atom. The molecule has 0 fully saturated rings. The molecule has 1 unspecified atom stereocenters. The Labute approximate surface area is 126 Å². The first-order valence-electron chi connectivity index (χ1n) is 6.65. The van der Waals surface area contributed by atoms with Gasteiger partial charge in [-0.15, -0.1) is 0 Å². The lowest BCUT2D eigenvalue weighted by Crippen LogP contribution is -2.16. The molecule has 0 spiro atoms. The van der Waals surface area contributed by atoms with E-state index in [1.807, 2.05) is 0 Å². The molecule has 3 rings (SSSR count). The number of rotatable bonds is 3. The number of ether oxygens (including phenoxy) is 2. The van der Waals surface area contributed by atoms with E-state index in [0.29, 0.717) is 40.9 Å². The van der Waals surface area contributed by atoms with Crippen LogP contribution in [-0.2, 0) is 6.42 Å². The van der Waals surface area contributed by atoms with Crippen molar-refractivity contribution < 1.29 is 19.0 Å². The van der Waals surface area contributed by atoms with Gasteiger partial charge in [0.25, 0.3) is 0 Å². The topological polar surface area (TPSA) is 38.7 Å². The van der Waals surface area contributed by atoms with Crippen molar-refractivity contribution in [2.75, 3.05) is 13.2 Å². The summed E-state index contributed by atoms with van der Waals surface area (Å²) in [4.78, 5) is 0. The maximum atomic E-state index is 13.6. The van der Waals surface area contributed by atoms with Crippen molar-refractivity contribution in [1.82, 2.24) is 0 Å². The minimum absolute atomic E-state index is 0.169. The number of hydrogen-bond acceptors (Lipinski definition) is 3. The second kappa shape index (κ2) is 5.92. The highest BCUT2D eigenvalue weighted by molar-refractivity contribution is 6.32. The van der Waals surface area contributed by atoms with Crippen LogP contribution in [0.3, 0.4) is 0 Å². The quantitative estimate of drug-likeness (QED) is 0.943. The molecule has 0 saturated carbocycles. The molecule has 110 valence electrons. The Morgan fingerprint density at radius 2 is 1.95 bits per heavy atom. The first kappa shape index (κ1) is 14.2. The van der Waals surface area contributed by atoms with Gasteiger partial charge >= 0.3 is 0 Å². The summed E-state index contributed by atoms with van der Waals surface area (Å²) in [7, 11) is 0. The Morgan fingerprint density at radius 1 is 1.19 bits per heavy atom. The van der Waals surface area contributed by atoms with Crippen molar-refractivity contribution in [3.63, 3.8) is 0 Å². The van der Waals surface area contributed by atoms with Crippen LogP contribution >= 0.6 is 11.6 Å². The van der Waals surface area contributed by atoms with Crippen molar-refractivity contribution in [2.24, 2.45) is 0 Å². The van der Waals surface area contributed by atoms with Crippen LogP contribution in [0.15, 0.2) is 36.4 Å². The van der Waals surface area contributed by atoms with Crippen LogP contribution in [0.1, 0.15) is 17.2 Å². The average Bonchev–Trinajstić information content (AvgIpc) is 2.49. The molecule has 5 heteroatoms. The molecule has 0 radical (unpaired) electrons. The van der Waals surface area contributed by atoms with Crippen molar-refractivity contribution in [3.05, 3.63) is 58.4 Å². The van der Waals surface area contributed by atoms with E-state index in [0.717, 1.165) is 0 Å². The highest BCUT2D eigenvalue weighted by Crippen LogP contribution is 2.40. The molecule has 0 saturated heterocycles. The van der Waals surface area contributed by atoms with Gasteiger partial charge in [0, 0.05) is 6.42 Å². The van der Waals surface area contributed by atoms with E-state index >= 15 is 0 Å². The maximum absolute atomic E-state index is 13.6. The monoisotopic (exact) mass is 308 g/mol. The second-order valence-electron chi connectivity index (χ2n) is 4.84. The lowest BCUT2D eigenvalue weighted by molar-refractivity contribution is 0.164. The van der Waals surface area contributed by atoms with Gasteiger partial charge in [-0.05, 0) is 29.3 Å². The van der Waals surface area contributed by atoms with Crippen molar-refractivity contribution in [1.29, 1.82) is 0 Å². The molecule has 0 amide bonds. The number of benzene rings is 2.